The first-order valence-electron chi connectivity index (χ1n) is 7.64. The molecule has 114 valence electrons. The average molecular weight is 296 g/mol. The zero-order chi connectivity index (χ0) is 15.7. The van der Waals surface area contributed by atoms with E-state index in [0.29, 0.717) is 24.6 Å². The number of carbonyl (C=O) groups excluding carboxylic acids is 1. The molecule has 1 aromatic heterocycles. The minimum atomic E-state index is -0.192. The van der Waals surface area contributed by atoms with Crippen LogP contribution >= 0.6 is 0 Å². The van der Waals surface area contributed by atoms with Crippen molar-refractivity contribution in [2.24, 2.45) is 0 Å². The number of benzene rings is 1. The first-order valence-corrected chi connectivity index (χ1v) is 7.64. The van der Waals surface area contributed by atoms with E-state index in [4.69, 9.17) is 0 Å². The topological polar surface area (TPSA) is 53.2 Å². The Morgan fingerprint density at radius 3 is 2.68 bits per heavy atom. The Balaban J connectivity index is 1.84. The summed E-state index contributed by atoms with van der Waals surface area (Å²) in [6.07, 6.45) is 2.37. The Morgan fingerprint density at radius 1 is 1.18 bits per heavy atom. The van der Waals surface area contributed by atoms with Crippen molar-refractivity contribution < 1.29 is 4.79 Å². The van der Waals surface area contributed by atoms with Gasteiger partial charge in [-0.2, -0.15) is 0 Å². The number of hydrogen-bond acceptors (Lipinski definition) is 2. The van der Waals surface area contributed by atoms with Crippen LogP contribution in [0.5, 0.6) is 0 Å². The predicted octanol–water partition coefficient (Wildman–Crippen LogP) is 2.70. The Kier molecular flexibility index (Phi) is 3.84. The molecule has 0 saturated heterocycles. The summed E-state index contributed by atoms with van der Waals surface area (Å²) in [5, 5.41) is 0. The van der Waals surface area contributed by atoms with Crippen molar-refractivity contribution in [2.75, 3.05) is 6.54 Å². The van der Waals surface area contributed by atoms with E-state index in [2.05, 4.69) is 37.0 Å². The molecule has 1 N–H and O–H groups in total. The van der Waals surface area contributed by atoms with Gasteiger partial charge in [0.25, 0.3) is 5.91 Å². The highest BCUT2D eigenvalue weighted by atomic mass is 16.2. The lowest BCUT2D eigenvalue weighted by atomic mass is 9.93. The molecule has 1 amide bonds. The second-order valence-corrected chi connectivity index (χ2v) is 6.10. The van der Waals surface area contributed by atoms with Crippen molar-refractivity contribution in [1.82, 2.24) is 9.88 Å². The first kappa shape index (κ1) is 14.6. The number of aromatic amines is 1. The summed E-state index contributed by atoms with van der Waals surface area (Å²) in [5.74, 6) is 0.451. The number of carbonyl (C=O) groups is 1. The maximum atomic E-state index is 12.5. The van der Waals surface area contributed by atoms with Crippen LogP contribution in [0, 0.1) is 0 Å². The van der Waals surface area contributed by atoms with Crippen LogP contribution in [0.3, 0.4) is 0 Å². The van der Waals surface area contributed by atoms with Gasteiger partial charge < -0.3 is 9.88 Å². The van der Waals surface area contributed by atoms with Crippen LogP contribution in [0.25, 0.3) is 0 Å². The summed E-state index contributed by atoms with van der Waals surface area (Å²) in [5.41, 5.74) is 4.20. The van der Waals surface area contributed by atoms with Gasteiger partial charge >= 0.3 is 0 Å². The number of aromatic nitrogens is 1. The summed E-state index contributed by atoms with van der Waals surface area (Å²) in [6.45, 7) is 5.70. The van der Waals surface area contributed by atoms with E-state index >= 15 is 0 Å². The van der Waals surface area contributed by atoms with Gasteiger partial charge in [0.15, 0.2) is 0 Å². The van der Waals surface area contributed by atoms with E-state index in [0.717, 1.165) is 6.42 Å². The minimum Gasteiger partial charge on any atom is -0.334 e. The monoisotopic (exact) mass is 296 g/mol. The van der Waals surface area contributed by atoms with Gasteiger partial charge in [-0.05, 0) is 35.1 Å². The summed E-state index contributed by atoms with van der Waals surface area (Å²) in [4.78, 5) is 28.1. The fourth-order valence-electron chi connectivity index (χ4n) is 2.84. The molecular weight excluding hydrogens is 276 g/mol. The third-order valence-electron chi connectivity index (χ3n) is 4.23. The number of amides is 1. The number of fused-ring (bicyclic) bond motifs is 1. The molecule has 4 heteroatoms. The summed E-state index contributed by atoms with van der Waals surface area (Å²) >= 11 is 0. The Bertz CT molecular complexity index is 741. The molecular formula is C18H20N2O2. The summed E-state index contributed by atoms with van der Waals surface area (Å²) in [6, 6.07) is 9.56. The van der Waals surface area contributed by atoms with Crippen LogP contribution in [0.4, 0.5) is 0 Å². The van der Waals surface area contributed by atoms with E-state index in [1.54, 1.807) is 6.07 Å². The molecule has 1 aliphatic heterocycles. The maximum absolute atomic E-state index is 12.5. The standard InChI is InChI=1S/C18H20N2O2/c1-12(2)14-4-3-13-7-8-20(11-16(13)9-14)18(22)15-5-6-17(21)19-10-15/h3-6,9-10,12H,7-8,11H2,1-2H3,(H,19,21). The van der Waals surface area contributed by atoms with E-state index < -0.39 is 0 Å². The number of hydrogen-bond donors (Lipinski definition) is 1. The van der Waals surface area contributed by atoms with E-state index in [-0.39, 0.29) is 11.5 Å². The van der Waals surface area contributed by atoms with E-state index in [9.17, 15) is 9.59 Å². The molecule has 1 aliphatic rings. The molecule has 0 aliphatic carbocycles. The quantitative estimate of drug-likeness (QED) is 0.926. The number of rotatable bonds is 2. The Labute approximate surface area is 129 Å². The van der Waals surface area contributed by atoms with Crippen LogP contribution in [0.2, 0.25) is 0 Å². The van der Waals surface area contributed by atoms with Crippen LogP contribution in [0.15, 0.2) is 41.3 Å². The highest BCUT2D eigenvalue weighted by Crippen LogP contribution is 2.24. The highest BCUT2D eigenvalue weighted by Gasteiger charge is 2.22. The molecule has 1 aromatic carbocycles. The highest BCUT2D eigenvalue weighted by molar-refractivity contribution is 5.94. The molecule has 3 rings (SSSR count). The van der Waals surface area contributed by atoms with Gasteiger partial charge in [0, 0.05) is 25.4 Å². The normalized spacial score (nSPS) is 14.0. The second kappa shape index (κ2) is 5.79. The number of nitrogens with zero attached hydrogens (tertiary/aromatic N) is 1. The molecule has 22 heavy (non-hydrogen) atoms. The van der Waals surface area contributed by atoms with Gasteiger partial charge in [0.1, 0.15) is 0 Å². The van der Waals surface area contributed by atoms with E-state index in [1.165, 1.54) is 29.0 Å². The molecule has 0 unspecified atom stereocenters. The fourth-order valence-corrected chi connectivity index (χ4v) is 2.84. The Hall–Kier alpha value is -2.36. The van der Waals surface area contributed by atoms with Crippen molar-refractivity contribution in [3.8, 4) is 0 Å². The number of H-pyrrole nitrogens is 1. The zero-order valence-corrected chi connectivity index (χ0v) is 12.9. The smallest absolute Gasteiger partial charge is 0.255 e. The van der Waals surface area contributed by atoms with Crippen molar-refractivity contribution >= 4 is 5.91 Å². The molecule has 0 fully saturated rings. The van der Waals surface area contributed by atoms with Crippen molar-refractivity contribution in [3.63, 3.8) is 0 Å². The third-order valence-corrected chi connectivity index (χ3v) is 4.23. The van der Waals surface area contributed by atoms with Crippen molar-refractivity contribution in [1.29, 1.82) is 0 Å². The lowest BCUT2D eigenvalue weighted by molar-refractivity contribution is 0.0734. The molecule has 2 aromatic rings. The molecule has 0 bridgehead atoms. The van der Waals surface area contributed by atoms with E-state index in [1.807, 2.05) is 4.90 Å². The minimum absolute atomic E-state index is 0.0307. The summed E-state index contributed by atoms with van der Waals surface area (Å²) in [7, 11) is 0. The predicted molar refractivity (Wildman–Crippen MR) is 86.0 cm³/mol. The zero-order valence-electron chi connectivity index (χ0n) is 12.9. The molecule has 0 spiro atoms. The van der Waals surface area contributed by atoms with Crippen molar-refractivity contribution in [2.45, 2.75) is 32.7 Å². The average Bonchev–Trinajstić information content (AvgIpc) is 2.53. The third kappa shape index (κ3) is 2.82. The van der Waals surface area contributed by atoms with Gasteiger partial charge in [-0.15, -0.1) is 0 Å². The molecule has 4 nitrogen and oxygen atoms in total. The maximum Gasteiger partial charge on any atom is 0.255 e. The Morgan fingerprint density at radius 2 is 2.00 bits per heavy atom. The van der Waals surface area contributed by atoms with Crippen LogP contribution in [0.1, 0.15) is 46.8 Å². The first-order chi connectivity index (χ1) is 10.5. The number of nitrogens with one attached hydrogen (secondary N) is 1. The lowest BCUT2D eigenvalue weighted by Crippen LogP contribution is -2.36. The molecule has 0 atom stereocenters. The molecule has 2 heterocycles. The molecule has 0 radical (unpaired) electrons. The number of pyridine rings is 1. The van der Waals surface area contributed by atoms with Crippen LogP contribution in [-0.2, 0) is 13.0 Å². The van der Waals surface area contributed by atoms with Crippen molar-refractivity contribution in [3.05, 3.63) is 69.1 Å². The fraction of sp³-hybridized carbons (Fsp3) is 0.333. The van der Waals surface area contributed by atoms with Crippen LogP contribution < -0.4 is 5.56 Å². The largest absolute Gasteiger partial charge is 0.334 e. The van der Waals surface area contributed by atoms with Gasteiger partial charge in [0.2, 0.25) is 5.56 Å². The molecule has 0 saturated carbocycles. The second-order valence-electron chi connectivity index (χ2n) is 6.10. The van der Waals surface area contributed by atoms with Crippen LogP contribution in [-0.4, -0.2) is 22.3 Å². The summed E-state index contributed by atoms with van der Waals surface area (Å²) < 4.78 is 0. The van der Waals surface area contributed by atoms with Gasteiger partial charge in [-0.1, -0.05) is 32.0 Å². The van der Waals surface area contributed by atoms with Gasteiger partial charge in [0.05, 0.1) is 5.56 Å². The SMILES string of the molecule is CC(C)c1ccc2c(c1)CN(C(=O)c1ccc(=O)[nH]c1)CC2. The lowest BCUT2D eigenvalue weighted by Gasteiger charge is -2.29. The van der Waals surface area contributed by atoms with Gasteiger partial charge in [-0.25, -0.2) is 0 Å². The van der Waals surface area contributed by atoms with Gasteiger partial charge in [-0.3, -0.25) is 9.59 Å².